The molecule has 4 rings (SSSR count). The van der Waals surface area contributed by atoms with Gasteiger partial charge in [-0.2, -0.15) is 0 Å². The van der Waals surface area contributed by atoms with Crippen molar-refractivity contribution in [2.75, 3.05) is 0 Å². The Labute approximate surface area is 149 Å². The molecule has 0 atom stereocenters. The van der Waals surface area contributed by atoms with E-state index in [0.29, 0.717) is 16.1 Å². The number of fused-ring (bicyclic) bond motifs is 1. The van der Waals surface area contributed by atoms with Gasteiger partial charge in [0.25, 0.3) is 0 Å². The molecule has 4 aromatic rings. The van der Waals surface area contributed by atoms with Crippen molar-refractivity contribution < 1.29 is 9.19 Å². The molecule has 0 aliphatic carbocycles. The summed E-state index contributed by atoms with van der Waals surface area (Å²) in [6.45, 7) is 0. The van der Waals surface area contributed by atoms with Gasteiger partial charge in [0.2, 0.25) is 0 Å². The molecule has 0 spiro atoms. The number of hydrogen-bond donors (Lipinski definition) is 0. The van der Waals surface area contributed by atoms with E-state index < -0.39 is 12.9 Å². The Bertz CT molecular complexity index is 1120. The SMILES string of the molecule is O=c1c2ncccc2ncn1OP(=O)(c1ccccc1)c1ccccc1. The first-order valence-electron chi connectivity index (χ1n) is 7.92. The maximum Gasteiger partial charge on any atom is 0.328 e. The van der Waals surface area contributed by atoms with Gasteiger partial charge >= 0.3 is 12.9 Å². The van der Waals surface area contributed by atoms with Crippen molar-refractivity contribution in [3.05, 3.63) is 95.7 Å². The van der Waals surface area contributed by atoms with Gasteiger partial charge in [-0.25, -0.2) is 9.97 Å². The first-order chi connectivity index (χ1) is 12.7. The van der Waals surface area contributed by atoms with Gasteiger partial charge in [-0.1, -0.05) is 36.4 Å². The summed E-state index contributed by atoms with van der Waals surface area (Å²) in [7, 11) is -3.56. The van der Waals surface area contributed by atoms with Crippen molar-refractivity contribution in [1.29, 1.82) is 0 Å². The van der Waals surface area contributed by atoms with Crippen molar-refractivity contribution in [2.24, 2.45) is 0 Å². The van der Waals surface area contributed by atoms with Crippen LogP contribution in [0.15, 0.2) is 90.1 Å². The summed E-state index contributed by atoms with van der Waals surface area (Å²) in [5.41, 5.74) is 0.0944. The van der Waals surface area contributed by atoms with Gasteiger partial charge in [0, 0.05) is 6.20 Å². The number of rotatable bonds is 4. The van der Waals surface area contributed by atoms with Gasteiger partial charge in [0.1, 0.15) is 6.33 Å². The normalized spacial score (nSPS) is 11.4. The van der Waals surface area contributed by atoms with Crippen LogP contribution >= 0.6 is 7.37 Å². The van der Waals surface area contributed by atoms with Crippen LogP contribution in [-0.2, 0) is 4.57 Å². The van der Waals surface area contributed by atoms with Crippen molar-refractivity contribution in [3.8, 4) is 0 Å². The first kappa shape index (κ1) is 16.2. The Morgan fingerprint density at radius 2 is 1.42 bits per heavy atom. The second-order valence-electron chi connectivity index (χ2n) is 5.55. The van der Waals surface area contributed by atoms with E-state index in [0.717, 1.165) is 4.73 Å². The molecule has 0 amide bonds. The molecule has 7 heteroatoms. The largest absolute Gasteiger partial charge is 0.344 e. The minimum Gasteiger partial charge on any atom is -0.344 e. The number of hydrogen-bond acceptors (Lipinski definition) is 5. The van der Waals surface area contributed by atoms with Gasteiger partial charge in [0.05, 0.1) is 16.1 Å². The van der Waals surface area contributed by atoms with Crippen LogP contribution < -0.4 is 20.8 Å². The molecule has 0 saturated carbocycles. The lowest BCUT2D eigenvalue weighted by atomic mass is 10.4. The maximum absolute atomic E-state index is 13.8. The fourth-order valence-electron chi connectivity index (χ4n) is 2.61. The molecule has 0 fully saturated rings. The van der Waals surface area contributed by atoms with E-state index >= 15 is 0 Å². The summed E-state index contributed by atoms with van der Waals surface area (Å²) in [4.78, 5) is 20.9. The van der Waals surface area contributed by atoms with Crippen LogP contribution in [0.4, 0.5) is 0 Å². The molecular weight excluding hydrogens is 349 g/mol. The summed E-state index contributed by atoms with van der Waals surface area (Å²) >= 11 is 0. The quantitative estimate of drug-likeness (QED) is 0.520. The Morgan fingerprint density at radius 3 is 2.04 bits per heavy atom. The van der Waals surface area contributed by atoms with Crippen molar-refractivity contribution in [1.82, 2.24) is 14.7 Å². The summed E-state index contributed by atoms with van der Waals surface area (Å²) in [5.74, 6) is 0. The Balaban J connectivity index is 1.88. The van der Waals surface area contributed by atoms with Gasteiger partial charge in [-0.3, -0.25) is 9.36 Å². The molecule has 0 aliphatic heterocycles. The maximum atomic E-state index is 13.8. The van der Waals surface area contributed by atoms with E-state index in [4.69, 9.17) is 4.62 Å². The fourth-order valence-corrected chi connectivity index (χ4v) is 4.59. The van der Waals surface area contributed by atoms with E-state index in [-0.39, 0.29) is 5.52 Å². The topological polar surface area (TPSA) is 74.1 Å². The monoisotopic (exact) mass is 363 g/mol. The lowest BCUT2D eigenvalue weighted by molar-refractivity contribution is 0.270. The third-order valence-electron chi connectivity index (χ3n) is 3.89. The predicted octanol–water partition coefficient (Wildman–Crippen LogP) is 2.15. The molecule has 2 aromatic carbocycles. The van der Waals surface area contributed by atoms with E-state index in [1.54, 1.807) is 60.7 Å². The highest BCUT2D eigenvalue weighted by molar-refractivity contribution is 7.74. The lowest BCUT2D eigenvalue weighted by Gasteiger charge is -2.20. The molecule has 0 bridgehead atoms. The highest BCUT2D eigenvalue weighted by atomic mass is 31.2. The zero-order chi connectivity index (χ0) is 18.0. The standard InChI is InChI=1S/C19H14N3O3P/c23-19-18-17(12-7-13-20-18)21-14-22(19)25-26(24,15-8-3-1-4-9-15)16-10-5-2-6-11-16/h1-14H. The van der Waals surface area contributed by atoms with Gasteiger partial charge in [0.15, 0.2) is 5.52 Å². The molecule has 0 N–H and O–H groups in total. The molecule has 2 aromatic heterocycles. The van der Waals surface area contributed by atoms with Crippen molar-refractivity contribution in [2.45, 2.75) is 0 Å². The van der Waals surface area contributed by atoms with Crippen LogP contribution in [0.5, 0.6) is 0 Å². The van der Waals surface area contributed by atoms with Crippen molar-refractivity contribution in [3.63, 3.8) is 0 Å². The number of pyridine rings is 1. The third kappa shape index (κ3) is 2.80. The zero-order valence-electron chi connectivity index (χ0n) is 13.6. The van der Waals surface area contributed by atoms with Gasteiger partial charge < -0.3 is 4.62 Å². The minimum atomic E-state index is -3.56. The van der Waals surface area contributed by atoms with Crippen LogP contribution in [0.1, 0.15) is 0 Å². The molecule has 0 aliphatic rings. The number of nitrogens with zero attached hydrogens (tertiary/aromatic N) is 3. The number of benzene rings is 2. The summed E-state index contributed by atoms with van der Waals surface area (Å²) in [6.07, 6.45) is 2.73. The Morgan fingerprint density at radius 1 is 0.808 bits per heavy atom. The highest BCUT2D eigenvalue weighted by Crippen LogP contribution is 2.40. The van der Waals surface area contributed by atoms with Crippen LogP contribution in [0.25, 0.3) is 11.0 Å². The highest BCUT2D eigenvalue weighted by Gasteiger charge is 2.31. The van der Waals surface area contributed by atoms with Crippen molar-refractivity contribution >= 4 is 29.0 Å². The molecule has 26 heavy (non-hydrogen) atoms. The Hall–Kier alpha value is -3.24. The summed E-state index contributed by atoms with van der Waals surface area (Å²) < 4.78 is 20.5. The molecule has 6 nitrogen and oxygen atoms in total. The molecule has 0 radical (unpaired) electrons. The number of aromatic nitrogens is 3. The Kier molecular flexibility index (Phi) is 4.11. The van der Waals surface area contributed by atoms with E-state index in [1.165, 1.54) is 12.5 Å². The summed E-state index contributed by atoms with van der Waals surface area (Å²) in [5, 5.41) is 0.971. The average molecular weight is 363 g/mol. The fraction of sp³-hybridized carbons (Fsp3) is 0. The van der Waals surface area contributed by atoms with Gasteiger partial charge in [-0.05, 0) is 36.4 Å². The van der Waals surface area contributed by atoms with Crippen LogP contribution in [0.3, 0.4) is 0 Å². The molecule has 0 unspecified atom stereocenters. The van der Waals surface area contributed by atoms with Crippen LogP contribution in [0.2, 0.25) is 0 Å². The second-order valence-corrected chi connectivity index (χ2v) is 7.85. The molecule has 128 valence electrons. The van der Waals surface area contributed by atoms with E-state index in [9.17, 15) is 9.36 Å². The average Bonchev–Trinajstić information content (AvgIpc) is 2.71. The summed E-state index contributed by atoms with van der Waals surface area (Å²) in [6, 6.07) is 21.0. The first-order valence-corrected chi connectivity index (χ1v) is 9.55. The second kappa shape index (κ2) is 6.58. The van der Waals surface area contributed by atoms with E-state index in [2.05, 4.69) is 9.97 Å². The smallest absolute Gasteiger partial charge is 0.328 e. The van der Waals surface area contributed by atoms with E-state index in [1.807, 2.05) is 12.1 Å². The lowest BCUT2D eigenvalue weighted by Crippen LogP contribution is -2.32. The van der Waals surface area contributed by atoms with Crippen LogP contribution in [0, 0.1) is 0 Å². The zero-order valence-corrected chi connectivity index (χ0v) is 14.5. The minimum absolute atomic E-state index is 0.155. The molecule has 0 saturated heterocycles. The molecular formula is C19H14N3O3P. The van der Waals surface area contributed by atoms with Gasteiger partial charge in [-0.15, -0.1) is 4.73 Å². The third-order valence-corrected chi connectivity index (χ3v) is 6.25. The van der Waals surface area contributed by atoms with Crippen LogP contribution in [-0.4, -0.2) is 14.7 Å². The molecule has 2 heterocycles. The predicted molar refractivity (Wildman–Crippen MR) is 100 cm³/mol.